The van der Waals surface area contributed by atoms with Gasteiger partial charge in [-0.05, 0) is 51.0 Å². The van der Waals surface area contributed by atoms with Crippen molar-refractivity contribution < 1.29 is 14.3 Å². The Balaban J connectivity index is 1.82. The largest absolute Gasteiger partial charge is 0.468 e. The van der Waals surface area contributed by atoms with Gasteiger partial charge in [0.1, 0.15) is 5.54 Å². The van der Waals surface area contributed by atoms with Gasteiger partial charge >= 0.3 is 5.97 Å². The van der Waals surface area contributed by atoms with Crippen molar-refractivity contribution >= 4 is 5.97 Å². The Kier molecular flexibility index (Phi) is 6.06. The Morgan fingerprint density at radius 2 is 2.10 bits per heavy atom. The normalized spacial score (nSPS) is 36.6. The molecule has 122 valence electrons. The van der Waals surface area contributed by atoms with Crippen molar-refractivity contribution in [3.63, 3.8) is 0 Å². The van der Waals surface area contributed by atoms with Gasteiger partial charge in [-0.25, -0.2) is 0 Å². The molecule has 2 rings (SSSR count). The summed E-state index contributed by atoms with van der Waals surface area (Å²) in [5.41, 5.74) is -0.488. The molecule has 2 saturated carbocycles. The fraction of sp³-hybridized carbons (Fsp3) is 0.941. The van der Waals surface area contributed by atoms with Crippen LogP contribution in [0.1, 0.15) is 58.3 Å². The highest BCUT2D eigenvalue weighted by atomic mass is 16.5. The molecule has 0 aliphatic heterocycles. The smallest absolute Gasteiger partial charge is 0.326 e. The van der Waals surface area contributed by atoms with Crippen LogP contribution in [0.2, 0.25) is 0 Å². The minimum absolute atomic E-state index is 0.112. The first-order chi connectivity index (χ1) is 10.1. The van der Waals surface area contributed by atoms with E-state index in [1.165, 1.54) is 32.8 Å². The number of rotatable bonds is 6. The maximum Gasteiger partial charge on any atom is 0.326 e. The molecule has 4 atom stereocenters. The SMILES string of the molecule is CNC1(C(=O)OC)CCCC1CCOC1CCCC(C)C1. The van der Waals surface area contributed by atoms with E-state index in [4.69, 9.17) is 9.47 Å². The maximum absolute atomic E-state index is 12.2. The zero-order chi connectivity index (χ0) is 15.3. The van der Waals surface area contributed by atoms with Gasteiger partial charge < -0.3 is 14.8 Å². The molecule has 0 amide bonds. The van der Waals surface area contributed by atoms with E-state index < -0.39 is 5.54 Å². The van der Waals surface area contributed by atoms with Crippen LogP contribution < -0.4 is 5.32 Å². The summed E-state index contributed by atoms with van der Waals surface area (Å²) in [5.74, 6) is 1.01. The van der Waals surface area contributed by atoms with E-state index in [9.17, 15) is 4.79 Å². The van der Waals surface area contributed by atoms with Crippen molar-refractivity contribution in [2.24, 2.45) is 11.8 Å². The first kappa shape index (κ1) is 16.8. The quantitative estimate of drug-likeness (QED) is 0.766. The lowest BCUT2D eigenvalue weighted by Crippen LogP contribution is -2.54. The van der Waals surface area contributed by atoms with Gasteiger partial charge in [0.25, 0.3) is 0 Å². The van der Waals surface area contributed by atoms with E-state index >= 15 is 0 Å². The third kappa shape index (κ3) is 3.78. The van der Waals surface area contributed by atoms with Gasteiger partial charge in [-0.15, -0.1) is 0 Å². The van der Waals surface area contributed by atoms with Gasteiger partial charge in [-0.2, -0.15) is 0 Å². The van der Waals surface area contributed by atoms with E-state index in [2.05, 4.69) is 12.2 Å². The van der Waals surface area contributed by atoms with E-state index in [1.54, 1.807) is 0 Å². The number of esters is 1. The fourth-order valence-corrected chi connectivity index (χ4v) is 4.26. The van der Waals surface area contributed by atoms with Crippen LogP contribution in [0.3, 0.4) is 0 Å². The topological polar surface area (TPSA) is 47.6 Å². The Labute approximate surface area is 129 Å². The van der Waals surface area contributed by atoms with Crippen LogP contribution in [0.4, 0.5) is 0 Å². The van der Waals surface area contributed by atoms with Crippen LogP contribution in [-0.4, -0.2) is 38.4 Å². The predicted molar refractivity (Wildman–Crippen MR) is 83.1 cm³/mol. The predicted octanol–water partition coefficient (Wildman–Crippen LogP) is 2.90. The van der Waals surface area contributed by atoms with Crippen LogP contribution >= 0.6 is 0 Å². The molecule has 21 heavy (non-hydrogen) atoms. The Bertz CT molecular complexity index is 347. The van der Waals surface area contributed by atoms with Gasteiger partial charge in [0.15, 0.2) is 0 Å². The zero-order valence-corrected chi connectivity index (χ0v) is 13.8. The summed E-state index contributed by atoms with van der Waals surface area (Å²) in [5, 5.41) is 3.24. The highest BCUT2D eigenvalue weighted by Gasteiger charge is 2.48. The number of carbonyl (C=O) groups excluding carboxylic acids is 1. The van der Waals surface area contributed by atoms with Crippen LogP contribution in [0.5, 0.6) is 0 Å². The monoisotopic (exact) mass is 297 g/mol. The van der Waals surface area contributed by atoms with Crippen molar-refractivity contribution in [1.29, 1.82) is 0 Å². The van der Waals surface area contributed by atoms with Crippen molar-refractivity contribution in [3.05, 3.63) is 0 Å². The van der Waals surface area contributed by atoms with Crippen LogP contribution in [0.15, 0.2) is 0 Å². The third-order valence-electron chi connectivity index (χ3n) is 5.52. The average molecular weight is 297 g/mol. The van der Waals surface area contributed by atoms with E-state index in [-0.39, 0.29) is 5.97 Å². The van der Waals surface area contributed by atoms with Crippen molar-refractivity contribution in [3.8, 4) is 0 Å². The van der Waals surface area contributed by atoms with E-state index in [0.29, 0.717) is 12.0 Å². The Morgan fingerprint density at radius 3 is 2.76 bits per heavy atom. The molecule has 4 nitrogen and oxygen atoms in total. The Morgan fingerprint density at radius 1 is 1.29 bits per heavy atom. The maximum atomic E-state index is 12.2. The first-order valence-corrected chi connectivity index (χ1v) is 8.51. The number of methoxy groups -OCH3 is 1. The Hall–Kier alpha value is -0.610. The lowest BCUT2D eigenvalue weighted by molar-refractivity contribution is -0.150. The minimum Gasteiger partial charge on any atom is -0.468 e. The summed E-state index contributed by atoms with van der Waals surface area (Å²) in [4.78, 5) is 12.2. The minimum atomic E-state index is -0.488. The molecule has 0 aromatic rings. The second-order valence-corrected chi connectivity index (χ2v) is 6.86. The molecular formula is C17H31NO3. The molecule has 2 aliphatic rings. The number of likely N-dealkylation sites (N-methyl/N-ethyl adjacent to an activating group) is 1. The summed E-state index contributed by atoms with van der Waals surface area (Å²) in [7, 11) is 3.36. The lowest BCUT2D eigenvalue weighted by atomic mass is 9.84. The molecule has 2 fully saturated rings. The molecule has 1 N–H and O–H groups in total. The van der Waals surface area contributed by atoms with E-state index in [0.717, 1.165) is 38.2 Å². The second kappa shape index (κ2) is 7.59. The molecule has 4 unspecified atom stereocenters. The number of nitrogens with one attached hydrogen (secondary N) is 1. The number of hydrogen-bond acceptors (Lipinski definition) is 4. The highest BCUT2D eigenvalue weighted by Crippen LogP contribution is 2.39. The zero-order valence-electron chi connectivity index (χ0n) is 13.8. The van der Waals surface area contributed by atoms with Crippen LogP contribution in [0.25, 0.3) is 0 Å². The van der Waals surface area contributed by atoms with Gasteiger partial charge in [-0.1, -0.05) is 26.2 Å². The van der Waals surface area contributed by atoms with Crippen LogP contribution in [-0.2, 0) is 14.3 Å². The standard InChI is InChI=1S/C17H31NO3/c1-13-6-4-8-15(12-13)21-11-9-14-7-5-10-17(14,18-2)16(19)20-3/h13-15,18H,4-12H2,1-3H3. The van der Waals surface area contributed by atoms with Gasteiger partial charge in [0.2, 0.25) is 0 Å². The highest BCUT2D eigenvalue weighted by molar-refractivity contribution is 5.81. The number of carbonyl (C=O) groups is 1. The molecule has 0 bridgehead atoms. The summed E-state index contributed by atoms with van der Waals surface area (Å²) in [6.07, 6.45) is 9.44. The van der Waals surface area contributed by atoms with Gasteiger partial charge in [0.05, 0.1) is 13.2 Å². The summed E-state index contributed by atoms with van der Waals surface area (Å²) >= 11 is 0. The molecule has 0 aromatic heterocycles. The molecule has 4 heteroatoms. The summed E-state index contributed by atoms with van der Waals surface area (Å²) in [6, 6.07) is 0. The molecule has 0 saturated heterocycles. The van der Waals surface area contributed by atoms with Gasteiger partial charge in [0, 0.05) is 6.61 Å². The van der Waals surface area contributed by atoms with Crippen molar-refractivity contribution in [2.45, 2.75) is 69.9 Å². The number of hydrogen-bond donors (Lipinski definition) is 1. The fourth-order valence-electron chi connectivity index (χ4n) is 4.26. The van der Waals surface area contributed by atoms with E-state index in [1.807, 2.05) is 7.05 Å². The van der Waals surface area contributed by atoms with Crippen molar-refractivity contribution in [1.82, 2.24) is 5.32 Å². The lowest BCUT2D eigenvalue weighted by Gasteiger charge is -2.33. The summed E-state index contributed by atoms with van der Waals surface area (Å²) in [6.45, 7) is 3.08. The van der Waals surface area contributed by atoms with Crippen molar-refractivity contribution in [2.75, 3.05) is 20.8 Å². The molecule has 0 spiro atoms. The third-order valence-corrected chi connectivity index (χ3v) is 5.52. The molecular weight excluding hydrogens is 266 g/mol. The van der Waals surface area contributed by atoms with Crippen LogP contribution in [0, 0.1) is 11.8 Å². The average Bonchev–Trinajstić information content (AvgIpc) is 2.90. The molecule has 2 aliphatic carbocycles. The molecule has 0 heterocycles. The summed E-state index contributed by atoms with van der Waals surface area (Å²) < 4.78 is 11.1. The number of ether oxygens (including phenoxy) is 2. The second-order valence-electron chi connectivity index (χ2n) is 6.86. The molecule has 0 aromatic carbocycles. The first-order valence-electron chi connectivity index (χ1n) is 8.51. The van der Waals surface area contributed by atoms with Gasteiger partial charge in [-0.3, -0.25) is 4.79 Å². The molecule has 0 radical (unpaired) electrons.